The molecule has 1 aliphatic carbocycles. The van der Waals surface area contributed by atoms with Gasteiger partial charge in [-0.2, -0.15) is 0 Å². The number of carbonyl (C=O) groups is 2. The molecule has 5 nitrogen and oxygen atoms in total. The van der Waals surface area contributed by atoms with Crippen molar-refractivity contribution in [3.05, 3.63) is 71.3 Å². The lowest BCUT2D eigenvalue weighted by Gasteiger charge is -2.29. The predicted molar refractivity (Wildman–Crippen MR) is 124 cm³/mol. The van der Waals surface area contributed by atoms with Gasteiger partial charge < -0.3 is 15.4 Å². The van der Waals surface area contributed by atoms with Gasteiger partial charge in [0.2, 0.25) is 0 Å². The minimum absolute atomic E-state index is 0.266. The van der Waals surface area contributed by atoms with Crippen molar-refractivity contribution in [2.24, 2.45) is 0 Å². The van der Waals surface area contributed by atoms with Crippen molar-refractivity contribution in [3.63, 3.8) is 0 Å². The van der Waals surface area contributed by atoms with E-state index in [0.29, 0.717) is 16.5 Å². The number of amides is 2. The number of hydrogen-bond donors (Lipinski definition) is 2. The molecule has 0 bridgehead atoms. The van der Waals surface area contributed by atoms with Gasteiger partial charge in [-0.3, -0.25) is 0 Å². The summed E-state index contributed by atoms with van der Waals surface area (Å²) in [6.45, 7) is 2.05. The Morgan fingerprint density at radius 2 is 1.74 bits per heavy atom. The summed E-state index contributed by atoms with van der Waals surface area (Å²) in [6.07, 6.45) is 6.51. The molecule has 1 fully saturated rings. The maximum atomic E-state index is 12.9. The van der Waals surface area contributed by atoms with E-state index in [1.165, 1.54) is 37.0 Å². The molecule has 2 amide bonds. The van der Waals surface area contributed by atoms with Gasteiger partial charge in [-0.15, -0.1) is 11.8 Å². The van der Waals surface area contributed by atoms with Crippen molar-refractivity contribution in [3.8, 4) is 0 Å². The van der Waals surface area contributed by atoms with Gasteiger partial charge in [0.05, 0.1) is 23.9 Å². The van der Waals surface area contributed by atoms with Gasteiger partial charge in [-0.1, -0.05) is 61.7 Å². The molecule has 2 aromatic carbocycles. The molecule has 1 saturated carbocycles. The zero-order valence-corrected chi connectivity index (χ0v) is 18.5. The first-order chi connectivity index (χ1) is 15.2. The third-order valence-electron chi connectivity index (χ3n) is 5.70. The normalized spacial score (nSPS) is 19.5. The highest BCUT2D eigenvalue weighted by atomic mass is 32.2. The number of ether oxygens (including phenoxy) is 1. The van der Waals surface area contributed by atoms with Crippen LogP contribution >= 0.6 is 11.8 Å². The van der Waals surface area contributed by atoms with Gasteiger partial charge in [0.25, 0.3) is 0 Å². The van der Waals surface area contributed by atoms with Gasteiger partial charge in [0, 0.05) is 10.1 Å². The molecule has 2 aliphatic rings. The molecule has 1 heterocycles. The van der Waals surface area contributed by atoms with Crippen molar-refractivity contribution in [1.82, 2.24) is 10.6 Å². The second-order valence-electron chi connectivity index (χ2n) is 7.85. The fourth-order valence-corrected chi connectivity index (χ4v) is 5.44. The molecule has 2 N–H and O–H groups in total. The number of benzene rings is 2. The molecule has 31 heavy (non-hydrogen) atoms. The van der Waals surface area contributed by atoms with E-state index in [2.05, 4.69) is 22.8 Å². The van der Waals surface area contributed by atoms with E-state index in [1.807, 2.05) is 54.2 Å². The van der Waals surface area contributed by atoms with E-state index in [9.17, 15) is 9.59 Å². The first-order valence-corrected chi connectivity index (χ1v) is 11.8. The number of esters is 1. The van der Waals surface area contributed by atoms with Crippen molar-refractivity contribution < 1.29 is 14.3 Å². The topological polar surface area (TPSA) is 67.4 Å². The molecular weight excluding hydrogens is 408 g/mol. The summed E-state index contributed by atoms with van der Waals surface area (Å²) in [5, 5.41) is 6.40. The van der Waals surface area contributed by atoms with Crippen molar-refractivity contribution in [1.29, 1.82) is 0 Å². The van der Waals surface area contributed by atoms with Gasteiger partial charge in [0.15, 0.2) is 0 Å². The Kier molecular flexibility index (Phi) is 6.97. The summed E-state index contributed by atoms with van der Waals surface area (Å²) in [5.41, 5.74) is 2.54. The van der Waals surface area contributed by atoms with Crippen molar-refractivity contribution in [2.45, 2.75) is 55.2 Å². The summed E-state index contributed by atoms with van der Waals surface area (Å²) < 4.78 is 5.35. The molecule has 1 unspecified atom stereocenters. The summed E-state index contributed by atoms with van der Waals surface area (Å²) in [5.74, 6) is -0.431. The Labute approximate surface area is 187 Å². The first kappa shape index (κ1) is 21.5. The molecule has 1 aliphatic heterocycles. The number of carbonyl (C=O) groups excluding carboxylic acids is 2. The second kappa shape index (κ2) is 10.1. The van der Waals surface area contributed by atoms with Crippen LogP contribution in [0.2, 0.25) is 0 Å². The zero-order valence-electron chi connectivity index (χ0n) is 17.7. The Balaban J connectivity index is 1.66. The molecule has 2 aromatic rings. The zero-order chi connectivity index (χ0) is 21.6. The van der Waals surface area contributed by atoms with Crippen LogP contribution < -0.4 is 10.6 Å². The fourth-order valence-electron chi connectivity index (χ4n) is 4.19. The Hall–Kier alpha value is -2.73. The minimum atomic E-state index is -0.572. The van der Waals surface area contributed by atoms with E-state index in [4.69, 9.17) is 4.74 Å². The van der Waals surface area contributed by atoms with Crippen LogP contribution in [-0.2, 0) is 9.53 Å². The van der Waals surface area contributed by atoms with Gasteiger partial charge in [-0.05, 0) is 43.0 Å². The molecule has 0 aromatic heterocycles. The third-order valence-corrected chi connectivity index (χ3v) is 7.05. The Bertz CT molecular complexity index is 950. The number of nitrogens with one attached hydrogen (secondary N) is 2. The van der Waals surface area contributed by atoms with E-state index >= 15 is 0 Å². The van der Waals surface area contributed by atoms with Gasteiger partial charge in [0.1, 0.15) is 0 Å². The number of thioether (sulfide) groups is 1. The quantitative estimate of drug-likeness (QED) is 0.592. The lowest BCUT2D eigenvalue weighted by molar-refractivity contribution is -0.138. The highest BCUT2D eigenvalue weighted by Gasteiger charge is 2.34. The highest BCUT2D eigenvalue weighted by molar-refractivity contribution is 8.00. The van der Waals surface area contributed by atoms with Crippen molar-refractivity contribution in [2.75, 3.05) is 6.61 Å². The fraction of sp³-hybridized carbons (Fsp3) is 0.360. The van der Waals surface area contributed by atoms with Crippen molar-refractivity contribution >= 4 is 29.5 Å². The molecule has 0 radical (unpaired) electrons. The molecule has 162 valence electrons. The number of urea groups is 1. The van der Waals surface area contributed by atoms with Crippen LogP contribution in [0.1, 0.15) is 56.2 Å². The maximum absolute atomic E-state index is 12.9. The smallest absolute Gasteiger partial charge is 0.338 e. The molecular formula is C25H28N2O3S. The molecule has 0 saturated heterocycles. The molecule has 1 atom stereocenters. The predicted octanol–water partition coefficient (Wildman–Crippen LogP) is 5.44. The average Bonchev–Trinajstić information content (AvgIpc) is 2.80. The Morgan fingerprint density at radius 3 is 2.42 bits per heavy atom. The van der Waals surface area contributed by atoms with E-state index < -0.39 is 12.0 Å². The van der Waals surface area contributed by atoms with Crippen LogP contribution in [0.15, 0.2) is 65.1 Å². The largest absolute Gasteiger partial charge is 0.463 e. The SMILES string of the molecule is CCOC(=O)C1=C(c2ccccc2)NC(=O)NC1c1ccc(SC2CCCCC2)cc1. The standard InChI is InChI=1S/C25H28N2O3S/c1-2-30-24(28)21-22(17-9-5-3-6-10-17)26-25(29)27-23(21)18-13-15-20(16-14-18)31-19-11-7-4-8-12-19/h3,5-6,9-10,13-16,19,23H,2,4,7-8,11-12H2,1H3,(H2,26,27,29). The maximum Gasteiger partial charge on any atom is 0.338 e. The summed E-state index contributed by atoms with van der Waals surface area (Å²) in [7, 11) is 0. The van der Waals surface area contributed by atoms with Gasteiger partial charge in [-0.25, -0.2) is 9.59 Å². The number of hydrogen-bond acceptors (Lipinski definition) is 4. The van der Waals surface area contributed by atoms with Crippen LogP contribution in [-0.4, -0.2) is 23.9 Å². The van der Waals surface area contributed by atoms with E-state index in [0.717, 1.165) is 11.1 Å². The lowest BCUT2D eigenvalue weighted by Crippen LogP contribution is -2.45. The van der Waals surface area contributed by atoms with Crippen LogP contribution in [0.5, 0.6) is 0 Å². The van der Waals surface area contributed by atoms with Crippen LogP contribution in [0.3, 0.4) is 0 Å². The van der Waals surface area contributed by atoms with E-state index in [-0.39, 0.29) is 12.6 Å². The molecule has 0 spiro atoms. The third kappa shape index (κ3) is 5.13. The monoisotopic (exact) mass is 436 g/mol. The first-order valence-electron chi connectivity index (χ1n) is 11.0. The highest BCUT2D eigenvalue weighted by Crippen LogP contribution is 2.36. The Morgan fingerprint density at radius 1 is 1.03 bits per heavy atom. The number of rotatable bonds is 6. The van der Waals surface area contributed by atoms with Crippen LogP contribution in [0.25, 0.3) is 5.70 Å². The average molecular weight is 437 g/mol. The summed E-state index contributed by atoms with van der Waals surface area (Å²) >= 11 is 1.93. The summed E-state index contributed by atoms with van der Waals surface area (Å²) in [6, 6.07) is 16.7. The summed E-state index contributed by atoms with van der Waals surface area (Å²) in [4.78, 5) is 26.6. The van der Waals surface area contributed by atoms with E-state index in [1.54, 1.807) is 6.92 Å². The molecule has 6 heteroatoms. The minimum Gasteiger partial charge on any atom is -0.463 e. The van der Waals surface area contributed by atoms with Crippen LogP contribution in [0.4, 0.5) is 4.79 Å². The lowest BCUT2D eigenvalue weighted by atomic mass is 9.93. The second-order valence-corrected chi connectivity index (χ2v) is 9.23. The van der Waals surface area contributed by atoms with Crippen LogP contribution in [0, 0.1) is 0 Å². The molecule has 4 rings (SSSR count). The van der Waals surface area contributed by atoms with Gasteiger partial charge >= 0.3 is 12.0 Å².